The molecule has 0 N–H and O–H groups in total. The van der Waals surface area contributed by atoms with Crippen LogP contribution in [0, 0.1) is 20.8 Å². The van der Waals surface area contributed by atoms with Crippen molar-refractivity contribution in [1.29, 1.82) is 0 Å². The lowest BCUT2D eigenvalue weighted by molar-refractivity contribution is 0.0376. The summed E-state index contributed by atoms with van der Waals surface area (Å²) in [6.45, 7) is 11.4. The first-order chi connectivity index (χ1) is 14.5. The van der Waals surface area contributed by atoms with Crippen molar-refractivity contribution in [2.24, 2.45) is 0 Å². The predicted octanol–water partition coefficient (Wildman–Crippen LogP) is 4.59. The molecule has 3 aromatic rings. The molecule has 4 rings (SSSR count). The van der Waals surface area contributed by atoms with Gasteiger partial charge in [0.05, 0.1) is 23.4 Å². The van der Waals surface area contributed by atoms with Crippen LogP contribution in [0.5, 0.6) is 0 Å². The van der Waals surface area contributed by atoms with Gasteiger partial charge in [-0.2, -0.15) is 0 Å². The molecule has 2 heterocycles. The van der Waals surface area contributed by atoms with E-state index >= 15 is 0 Å². The topological polar surface area (TPSA) is 45.7 Å². The Labute approximate surface area is 182 Å². The average molecular weight is 424 g/mol. The fourth-order valence-electron chi connectivity index (χ4n) is 3.89. The minimum absolute atomic E-state index is 0.0189. The minimum atomic E-state index is 0.0189. The fourth-order valence-corrected chi connectivity index (χ4v) is 4.93. The van der Waals surface area contributed by atoms with Crippen LogP contribution in [0.3, 0.4) is 0 Å². The summed E-state index contributed by atoms with van der Waals surface area (Å²) in [5.41, 5.74) is 5.24. The normalized spacial score (nSPS) is 14.9. The second-order valence-corrected chi connectivity index (χ2v) is 9.03. The fraction of sp³-hybridized carbons (Fsp3) is 0.417. The van der Waals surface area contributed by atoms with E-state index in [1.54, 1.807) is 11.3 Å². The highest BCUT2D eigenvalue weighted by Crippen LogP contribution is 2.33. The number of amides is 1. The lowest BCUT2D eigenvalue weighted by atomic mass is 10.1. The predicted molar refractivity (Wildman–Crippen MR) is 124 cm³/mol. The Morgan fingerprint density at radius 2 is 1.83 bits per heavy atom. The van der Waals surface area contributed by atoms with Gasteiger partial charge < -0.3 is 4.74 Å². The van der Waals surface area contributed by atoms with Crippen molar-refractivity contribution in [2.45, 2.75) is 27.2 Å². The third-order valence-electron chi connectivity index (χ3n) is 5.54. The SMILES string of the molecule is Cc1ccc(C(=O)N(CCCN2CCOCC2)c2nc3cc(C)cc(C)c3s2)cc1. The second-order valence-electron chi connectivity index (χ2n) is 8.06. The monoisotopic (exact) mass is 423 g/mol. The summed E-state index contributed by atoms with van der Waals surface area (Å²) in [6, 6.07) is 12.1. The Balaban J connectivity index is 1.59. The molecular weight excluding hydrogens is 394 g/mol. The third kappa shape index (κ3) is 4.72. The van der Waals surface area contributed by atoms with Crippen LogP contribution in [0.2, 0.25) is 0 Å². The van der Waals surface area contributed by atoms with Crippen LogP contribution in [0.15, 0.2) is 36.4 Å². The van der Waals surface area contributed by atoms with Gasteiger partial charge >= 0.3 is 0 Å². The molecule has 1 fully saturated rings. The molecule has 0 saturated carbocycles. The van der Waals surface area contributed by atoms with Crippen LogP contribution in [-0.2, 0) is 4.74 Å². The molecule has 158 valence electrons. The summed E-state index contributed by atoms with van der Waals surface area (Å²) in [6.07, 6.45) is 0.908. The van der Waals surface area contributed by atoms with E-state index in [0.717, 1.165) is 60.2 Å². The lowest BCUT2D eigenvalue weighted by Crippen LogP contribution is -2.39. The number of fused-ring (bicyclic) bond motifs is 1. The van der Waals surface area contributed by atoms with Gasteiger partial charge in [0.2, 0.25) is 0 Å². The lowest BCUT2D eigenvalue weighted by Gasteiger charge is -2.27. The second kappa shape index (κ2) is 9.25. The maximum atomic E-state index is 13.4. The molecule has 1 saturated heterocycles. The molecule has 5 nitrogen and oxygen atoms in total. The first-order valence-corrected chi connectivity index (χ1v) is 11.4. The van der Waals surface area contributed by atoms with Crippen molar-refractivity contribution < 1.29 is 9.53 Å². The number of aromatic nitrogens is 1. The largest absolute Gasteiger partial charge is 0.379 e. The van der Waals surface area contributed by atoms with Gasteiger partial charge in [0.15, 0.2) is 5.13 Å². The summed E-state index contributed by atoms with van der Waals surface area (Å²) < 4.78 is 6.60. The molecular formula is C24H29N3O2S. The maximum absolute atomic E-state index is 13.4. The number of rotatable bonds is 6. The quantitative estimate of drug-likeness (QED) is 0.582. The van der Waals surface area contributed by atoms with Gasteiger partial charge in [0.25, 0.3) is 5.91 Å². The Kier molecular flexibility index (Phi) is 6.46. The summed E-state index contributed by atoms with van der Waals surface area (Å²) in [5, 5.41) is 0.784. The maximum Gasteiger partial charge on any atom is 0.260 e. The molecule has 2 aromatic carbocycles. The number of hydrogen-bond acceptors (Lipinski definition) is 5. The van der Waals surface area contributed by atoms with Gasteiger partial charge in [-0.05, 0) is 56.5 Å². The highest BCUT2D eigenvalue weighted by molar-refractivity contribution is 7.22. The van der Waals surface area contributed by atoms with Gasteiger partial charge in [0, 0.05) is 31.7 Å². The number of aryl methyl sites for hydroxylation is 3. The number of benzene rings is 2. The Morgan fingerprint density at radius 3 is 2.57 bits per heavy atom. The van der Waals surface area contributed by atoms with Gasteiger partial charge in [-0.25, -0.2) is 4.98 Å². The highest BCUT2D eigenvalue weighted by Gasteiger charge is 2.22. The van der Waals surface area contributed by atoms with E-state index in [1.807, 2.05) is 36.1 Å². The zero-order valence-corrected chi connectivity index (χ0v) is 18.8. The number of carbonyl (C=O) groups is 1. The number of ether oxygens (including phenoxy) is 1. The smallest absolute Gasteiger partial charge is 0.260 e. The van der Waals surface area contributed by atoms with Gasteiger partial charge in [0.1, 0.15) is 0 Å². The summed E-state index contributed by atoms with van der Waals surface area (Å²) in [5.74, 6) is 0.0189. The molecule has 6 heteroatoms. The van der Waals surface area contributed by atoms with Crippen LogP contribution in [0.4, 0.5) is 5.13 Å². The zero-order valence-electron chi connectivity index (χ0n) is 18.0. The number of thiazole rings is 1. The van der Waals surface area contributed by atoms with Crippen LogP contribution in [0.1, 0.15) is 33.5 Å². The molecule has 0 bridgehead atoms. The first-order valence-electron chi connectivity index (χ1n) is 10.6. The van der Waals surface area contributed by atoms with Crippen LogP contribution in [-0.4, -0.2) is 55.2 Å². The summed E-state index contributed by atoms with van der Waals surface area (Å²) in [7, 11) is 0. The molecule has 1 aliphatic rings. The van der Waals surface area contributed by atoms with Crippen molar-refractivity contribution in [1.82, 2.24) is 9.88 Å². The highest BCUT2D eigenvalue weighted by atomic mass is 32.1. The molecule has 30 heavy (non-hydrogen) atoms. The number of anilines is 1. The van der Waals surface area contributed by atoms with Crippen molar-refractivity contribution in [3.05, 3.63) is 58.7 Å². The summed E-state index contributed by atoms with van der Waals surface area (Å²) >= 11 is 1.61. The minimum Gasteiger partial charge on any atom is -0.379 e. The van der Waals surface area contributed by atoms with Crippen LogP contribution >= 0.6 is 11.3 Å². The van der Waals surface area contributed by atoms with Crippen LogP contribution in [0.25, 0.3) is 10.2 Å². The molecule has 0 spiro atoms. The van der Waals surface area contributed by atoms with E-state index in [9.17, 15) is 4.79 Å². The van der Waals surface area contributed by atoms with Gasteiger partial charge in [-0.3, -0.25) is 14.6 Å². The average Bonchev–Trinajstić information content (AvgIpc) is 3.16. The first kappa shape index (κ1) is 21.0. The van der Waals surface area contributed by atoms with Crippen LogP contribution < -0.4 is 4.90 Å². The van der Waals surface area contributed by atoms with Crippen molar-refractivity contribution in [3.63, 3.8) is 0 Å². The standard InChI is InChI=1S/C24H29N3O2S/c1-17-5-7-20(8-6-17)23(28)27(10-4-9-26-11-13-29-14-12-26)24-25-21-16-18(2)15-19(3)22(21)30-24/h5-8,15-16H,4,9-14H2,1-3H3. The number of nitrogens with zero attached hydrogens (tertiary/aromatic N) is 3. The summed E-state index contributed by atoms with van der Waals surface area (Å²) in [4.78, 5) is 22.6. The van der Waals surface area contributed by atoms with Crippen molar-refractivity contribution >= 4 is 32.6 Å². The van der Waals surface area contributed by atoms with Gasteiger partial charge in [-0.15, -0.1) is 0 Å². The van der Waals surface area contributed by atoms with E-state index in [0.29, 0.717) is 12.1 Å². The molecule has 1 aromatic heterocycles. The molecule has 1 amide bonds. The van der Waals surface area contributed by atoms with Crippen molar-refractivity contribution in [2.75, 3.05) is 44.3 Å². The zero-order chi connectivity index (χ0) is 21.1. The van der Waals surface area contributed by atoms with E-state index in [1.165, 1.54) is 11.1 Å². The Bertz CT molecular complexity index is 1020. The molecule has 1 aliphatic heterocycles. The van der Waals surface area contributed by atoms with E-state index in [2.05, 4.69) is 30.9 Å². The third-order valence-corrected chi connectivity index (χ3v) is 6.77. The number of morpholine rings is 1. The molecule has 0 atom stereocenters. The molecule has 0 unspecified atom stereocenters. The Hall–Kier alpha value is -2.28. The Morgan fingerprint density at radius 1 is 1.10 bits per heavy atom. The molecule has 0 radical (unpaired) electrons. The van der Waals surface area contributed by atoms with E-state index in [-0.39, 0.29) is 5.91 Å². The number of hydrogen-bond donors (Lipinski definition) is 0. The van der Waals surface area contributed by atoms with Crippen molar-refractivity contribution in [3.8, 4) is 0 Å². The van der Waals surface area contributed by atoms with E-state index in [4.69, 9.17) is 9.72 Å². The van der Waals surface area contributed by atoms with Gasteiger partial charge in [-0.1, -0.05) is 35.1 Å². The van der Waals surface area contributed by atoms with E-state index < -0.39 is 0 Å². The molecule has 0 aliphatic carbocycles. The number of carbonyl (C=O) groups excluding carboxylic acids is 1.